The molecule has 1 aliphatic rings. The van der Waals surface area contributed by atoms with Gasteiger partial charge in [-0.15, -0.1) is 0 Å². The first kappa shape index (κ1) is 16.0. The lowest BCUT2D eigenvalue weighted by Crippen LogP contribution is -2.33. The van der Waals surface area contributed by atoms with Crippen molar-refractivity contribution in [2.45, 2.75) is 33.2 Å². The van der Waals surface area contributed by atoms with Crippen LogP contribution in [-0.2, 0) is 11.3 Å². The number of amides is 1. The van der Waals surface area contributed by atoms with E-state index in [1.165, 1.54) is 18.4 Å². The Balaban J connectivity index is 2.06. The van der Waals surface area contributed by atoms with Crippen molar-refractivity contribution in [3.05, 3.63) is 29.8 Å². The van der Waals surface area contributed by atoms with Crippen LogP contribution in [0.4, 0.5) is 5.69 Å². The molecule has 1 heterocycles. The number of carbonyl (C=O) groups is 1. The Morgan fingerprint density at radius 2 is 1.95 bits per heavy atom. The van der Waals surface area contributed by atoms with E-state index >= 15 is 0 Å². The van der Waals surface area contributed by atoms with Crippen molar-refractivity contribution in [1.29, 1.82) is 0 Å². The Morgan fingerprint density at radius 3 is 2.57 bits per heavy atom. The molecular formula is C17H27N3O. The number of para-hydroxylation sites is 1. The van der Waals surface area contributed by atoms with Gasteiger partial charge in [0.15, 0.2) is 0 Å². The monoisotopic (exact) mass is 289 g/mol. The Hall–Kier alpha value is -1.39. The van der Waals surface area contributed by atoms with Gasteiger partial charge in [0.1, 0.15) is 0 Å². The van der Waals surface area contributed by atoms with Crippen LogP contribution in [0.5, 0.6) is 0 Å². The Kier molecular flexibility index (Phi) is 5.76. The fourth-order valence-electron chi connectivity index (χ4n) is 2.87. The van der Waals surface area contributed by atoms with E-state index in [4.69, 9.17) is 5.73 Å². The number of rotatable bonds is 6. The highest BCUT2D eigenvalue weighted by Crippen LogP contribution is 2.21. The maximum atomic E-state index is 12.4. The van der Waals surface area contributed by atoms with E-state index < -0.39 is 0 Å². The quantitative estimate of drug-likeness (QED) is 0.845. The molecule has 0 radical (unpaired) electrons. The number of likely N-dealkylation sites (tertiary alicyclic amines) is 1. The molecule has 0 bridgehead atoms. The van der Waals surface area contributed by atoms with Gasteiger partial charge in [0.25, 0.3) is 0 Å². The molecule has 4 heteroatoms. The largest absolute Gasteiger partial charge is 0.330 e. The highest BCUT2D eigenvalue weighted by atomic mass is 16.1. The molecule has 1 unspecified atom stereocenters. The number of anilines is 1. The number of nitrogens with two attached hydrogens (primary N) is 1. The molecule has 116 valence electrons. The Labute approximate surface area is 127 Å². The van der Waals surface area contributed by atoms with Gasteiger partial charge >= 0.3 is 0 Å². The SMILES string of the molecule is CC(C)C(CN)C(=O)Nc1ccccc1CN1CCCC1. The van der Waals surface area contributed by atoms with Crippen molar-refractivity contribution < 1.29 is 4.79 Å². The summed E-state index contributed by atoms with van der Waals surface area (Å²) in [5.74, 6) is 0.145. The molecule has 0 spiro atoms. The molecule has 0 aromatic heterocycles. The van der Waals surface area contributed by atoms with Crippen molar-refractivity contribution in [3.63, 3.8) is 0 Å². The van der Waals surface area contributed by atoms with Crippen LogP contribution in [0.25, 0.3) is 0 Å². The molecule has 0 aliphatic carbocycles. The second kappa shape index (κ2) is 7.57. The summed E-state index contributed by atoms with van der Waals surface area (Å²) in [6.07, 6.45) is 2.55. The minimum atomic E-state index is -0.134. The maximum absolute atomic E-state index is 12.4. The summed E-state index contributed by atoms with van der Waals surface area (Å²) < 4.78 is 0. The van der Waals surface area contributed by atoms with Gasteiger partial charge in [-0.2, -0.15) is 0 Å². The molecule has 0 saturated carbocycles. The van der Waals surface area contributed by atoms with E-state index in [0.717, 1.165) is 25.3 Å². The predicted molar refractivity (Wildman–Crippen MR) is 87.0 cm³/mol. The van der Waals surface area contributed by atoms with E-state index in [-0.39, 0.29) is 17.7 Å². The molecular weight excluding hydrogens is 262 g/mol. The highest BCUT2D eigenvalue weighted by molar-refractivity contribution is 5.93. The molecule has 21 heavy (non-hydrogen) atoms. The second-order valence-electron chi connectivity index (χ2n) is 6.22. The number of benzene rings is 1. The van der Waals surface area contributed by atoms with Gasteiger partial charge in [0.2, 0.25) is 5.91 Å². The average Bonchev–Trinajstić information content (AvgIpc) is 2.94. The number of hydrogen-bond donors (Lipinski definition) is 2. The van der Waals surface area contributed by atoms with Crippen LogP contribution in [0.1, 0.15) is 32.3 Å². The van der Waals surface area contributed by atoms with Crippen LogP contribution in [0.2, 0.25) is 0 Å². The van der Waals surface area contributed by atoms with Gasteiger partial charge in [-0.25, -0.2) is 0 Å². The molecule has 1 atom stereocenters. The van der Waals surface area contributed by atoms with Crippen molar-refractivity contribution in [2.24, 2.45) is 17.6 Å². The summed E-state index contributed by atoms with van der Waals surface area (Å²) in [6, 6.07) is 8.08. The second-order valence-corrected chi connectivity index (χ2v) is 6.22. The first-order valence-electron chi connectivity index (χ1n) is 7.93. The van der Waals surface area contributed by atoms with Crippen LogP contribution in [0, 0.1) is 11.8 Å². The fraction of sp³-hybridized carbons (Fsp3) is 0.588. The molecule has 1 saturated heterocycles. The zero-order valence-electron chi connectivity index (χ0n) is 13.1. The van der Waals surface area contributed by atoms with E-state index in [1.54, 1.807) is 0 Å². The van der Waals surface area contributed by atoms with Gasteiger partial charge in [0.05, 0.1) is 5.92 Å². The van der Waals surface area contributed by atoms with Gasteiger partial charge in [-0.3, -0.25) is 9.69 Å². The molecule has 1 aromatic carbocycles. The summed E-state index contributed by atoms with van der Waals surface area (Å²) >= 11 is 0. The van der Waals surface area contributed by atoms with Gasteiger partial charge in [-0.05, 0) is 43.5 Å². The van der Waals surface area contributed by atoms with Crippen molar-refractivity contribution in [2.75, 3.05) is 25.0 Å². The number of hydrogen-bond acceptors (Lipinski definition) is 3. The number of nitrogens with one attached hydrogen (secondary N) is 1. The summed E-state index contributed by atoms with van der Waals surface area (Å²) in [5, 5.41) is 3.07. The summed E-state index contributed by atoms with van der Waals surface area (Å²) in [4.78, 5) is 14.8. The van der Waals surface area contributed by atoms with Crippen LogP contribution in [-0.4, -0.2) is 30.4 Å². The third kappa shape index (κ3) is 4.29. The van der Waals surface area contributed by atoms with E-state index in [0.29, 0.717) is 6.54 Å². The standard InChI is InChI=1S/C17H27N3O/c1-13(2)15(11-18)17(21)19-16-8-4-3-7-14(16)12-20-9-5-6-10-20/h3-4,7-8,13,15H,5-6,9-12,18H2,1-2H3,(H,19,21). The zero-order valence-corrected chi connectivity index (χ0v) is 13.1. The molecule has 4 nitrogen and oxygen atoms in total. The Morgan fingerprint density at radius 1 is 1.29 bits per heavy atom. The minimum absolute atomic E-state index is 0.0290. The Bertz CT molecular complexity index is 467. The summed E-state index contributed by atoms with van der Waals surface area (Å²) in [7, 11) is 0. The van der Waals surface area contributed by atoms with Gasteiger partial charge < -0.3 is 11.1 Å². The lowest BCUT2D eigenvalue weighted by molar-refractivity contribution is -0.120. The van der Waals surface area contributed by atoms with Gasteiger partial charge in [-0.1, -0.05) is 32.0 Å². The normalized spacial score (nSPS) is 17.1. The topological polar surface area (TPSA) is 58.4 Å². The maximum Gasteiger partial charge on any atom is 0.229 e. The first-order valence-corrected chi connectivity index (χ1v) is 7.93. The predicted octanol–water partition coefficient (Wildman–Crippen LogP) is 2.45. The third-order valence-electron chi connectivity index (χ3n) is 4.26. The molecule has 1 amide bonds. The smallest absolute Gasteiger partial charge is 0.229 e. The van der Waals surface area contributed by atoms with E-state index in [9.17, 15) is 4.79 Å². The molecule has 1 aromatic rings. The average molecular weight is 289 g/mol. The van der Waals surface area contributed by atoms with Crippen LogP contribution < -0.4 is 11.1 Å². The molecule has 1 aliphatic heterocycles. The number of nitrogens with zero attached hydrogens (tertiary/aromatic N) is 1. The molecule has 3 N–H and O–H groups in total. The fourth-order valence-corrected chi connectivity index (χ4v) is 2.87. The minimum Gasteiger partial charge on any atom is -0.330 e. The van der Waals surface area contributed by atoms with Crippen LogP contribution >= 0.6 is 0 Å². The van der Waals surface area contributed by atoms with Crippen LogP contribution in [0.15, 0.2) is 24.3 Å². The lowest BCUT2D eigenvalue weighted by atomic mass is 9.95. The van der Waals surface area contributed by atoms with Crippen molar-refractivity contribution in [1.82, 2.24) is 4.90 Å². The van der Waals surface area contributed by atoms with E-state index in [1.807, 2.05) is 32.0 Å². The van der Waals surface area contributed by atoms with Crippen molar-refractivity contribution >= 4 is 11.6 Å². The van der Waals surface area contributed by atoms with Crippen LogP contribution in [0.3, 0.4) is 0 Å². The van der Waals surface area contributed by atoms with Gasteiger partial charge in [0, 0.05) is 18.8 Å². The van der Waals surface area contributed by atoms with E-state index in [2.05, 4.69) is 16.3 Å². The lowest BCUT2D eigenvalue weighted by Gasteiger charge is -2.21. The summed E-state index contributed by atoms with van der Waals surface area (Å²) in [5.41, 5.74) is 7.84. The molecule has 1 fully saturated rings. The first-order chi connectivity index (χ1) is 10.1. The summed E-state index contributed by atoms with van der Waals surface area (Å²) in [6.45, 7) is 7.67. The third-order valence-corrected chi connectivity index (χ3v) is 4.26. The molecule has 2 rings (SSSR count). The zero-order chi connectivity index (χ0) is 15.2. The number of carbonyl (C=O) groups excluding carboxylic acids is 1. The van der Waals surface area contributed by atoms with Crippen molar-refractivity contribution in [3.8, 4) is 0 Å². The highest BCUT2D eigenvalue weighted by Gasteiger charge is 2.21.